The van der Waals surface area contributed by atoms with E-state index in [1.54, 1.807) is 31.8 Å². The summed E-state index contributed by atoms with van der Waals surface area (Å²) in [6, 6.07) is 3.61. The van der Waals surface area contributed by atoms with Crippen LogP contribution in [0.25, 0.3) is 11.3 Å². The number of carbonyl (C=O) groups excluding carboxylic acids is 1. The summed E-state index contributed by atoms with van der Waals surface area (Å²) in [6.07, 6.45) is 16.3. The van der Waals surface area contributed by atoms with Gasteiger partial charge in [0.2, 0.25) is 5.88 Å². The lowest BCUT2D eigenvalue weighted by atomic mass is 9.89. The number of amides is 1. The molecule has 168 valence electrons. The summed E-state index contributed by atoms with van der Waals surface area (Å²) in [4.78, 5) is 33.4. The molecule has 3 heterocycles. The fourth-order valence-corrected chi connectivity index (χ4v) is 4.26. The summed E-state index contributed by atoms with van der Waals surface area (Å²) >= 11 is 0. The van der Waals surface area contributed by atoms with Gasteiger partial charge >= 0.3 is 0 Å². The summed E-state index contributed by atoms with van der Waals surface area (Å²) < 4.78 is 5.15. The second-order valence-electron chi connectivity index (χ2n) is 8.71. The molecule has 1 unspecified atom stereocenters. The number of aliphatic imine (C=N–C) groups is 1. The second-order valence-corrected chi connectivity index (χ2v) is 8.71. The number of hydrogen-bond donors (Lipinski definition) is 0. The Morgan fingerprint density at radius 2 is 2.03 bits per heavy atom. The largest absolute Gasteiger partial charge is 0.481 e. The van der Waals surface area contributed by atoms with E-state index in [1.807, 2.05) is 17.2 Å². The Balaban J connectivity index is 1.36. The molecule has 2 aromatic rings. The van der Waals surface area contributed by atoms with Crippen LogP contribution in [0.15, 0.2) is 71.3 Å². The molecule has 1 saturated carbocycles. The molecule has 0 spiro atoms. The van der Waals surface area contributed by atoms with E-state index in [0.717, 1.165) is 24.2 Å². The van der Waals surface area contributed by atoms with Gasteiger partial charge in [-0.25, -0.2) is 9.97 Å². The Kier molecular flexibility index (Phi) is 5.86. The lowest BCUT2D eigenvalue weighted by Gasteiger charge is -2.24. The minimum absolute atomic E-state index is 0.0913. The number of hydrogen-bond acceptors (Lipinski definition) is 6. The number of rotatable bonds is 8. The number of pyridine rings is 1. The number of nitrogens with zero attached hydrogens (tertiary/aromatic N) is 5. The van der Waals surface area contributed by atoms with Crippen molar-refractivity contribution in [3.05, 3.63) is 72.0 Å². The SMILES string of the molecule is COc1ccc(-c2nccnc2C(=O)N(CCC2=CN=C3C2=CC=CC3C)CC2CC2)cn1. The molecular weight excluding hydrogens is 414 g/mol. The smallest absolute Gasteiger partial charge is 0.274 e. The molecule has 2 aromatic heterocycles. The van der Waals surface area contributed by atoms with Crippen molar-refractivity contribution in [3.63, 3.8) is 0 Å². The summed E-state index contributed by atoms with van der Waals surface area (Å²) in [7, 11) is 1.57. The molecule has 1 aliphatic heterocycles. The molecule has 0 saturated heterocycles. The van der Waals surface area contributed by atoms with Crippen molar-refractivity contribution in [2.24, 2.45) is 16.8 Å². The van der Waals surface area contributed by atoms with Gasteiger partial charge in [-0.3, -0.25) is 14.8 Å². The molecule has 0 aromatic carbocycles. The maximum Gasteiger partial charge on any atom is 0.274 e. The normalized spacial score (nSPS) is 18.8. The molecule has 1 amide bonds. The fraction of sp³-hybridized carbons (Fsp3) is 0.346. The highest BCUT2D eigenvalue weighted by atomic mass is 16.5. The van der Waals surface area contributed by atoms with E-state index in [9.17, 15) is 4.79 Å². The highest BCUT2D eigenvalue weighted by Gasteiger charge is 2.30. The first-order valence-electron chi connectivity index (χ1n) is 11.4. The van der Waals surface area contributed by atoms with E-state index in [-0.39, 0.29) is 5.91 Å². The van der Waals surface area contributed by atoms with Crippen molar-refractivity contribution in [2.75, 3.05) is 20.2 Å². The van der Waals surface area contributed by atoms with Crippen molar-refractivity contribution in [1.82, 2.24) is 19.9 Å². The monoisotopic (exact) mass is 441 g/mol. The number of methoxy groups -OCH3 is 1. The van der Waals surface area contributed by atoms with Crippen LogP contribution < -0.4 is 4.74 Å². The molecule has 0 bridgehead atoms. The Morgan fingerprint density at radius 3 is 2.79 bits per heavy atom. The van der Waals surface area contributed by atoms with Gasteiger partial charge < -0.3 is 9.64 Å². The van der Waals surface area contributed by atoms with Crippen LogP contribution in [0.1, 0.15) is 36.7 Å². The van der Waals surface area contributed by atoms with Crippen LogP contribution in [-0.2, 0) is 0 Å². The van der Waals surface area contributed by atoms with Crippen molar-refractivity contribution >= 4 is 11.6 Å². The molecule has 7 heteroatoms. The van der Waals surface area contributed by atoms with Crippen LogP contribution in [0.5, 0.6) is 5.88 Å². The van der Waals surface area contributed by atoms with Gasteiger partial charge in [0.1, 0.15) is 5.69 Å². The Bertz CT molecular complexity index is 1180. The first-order valence-corrected chi connectivity index (χ1v) is 11.4. The van der Waals surface area contributed by atoms with Crippen molar-refractivity contribution in [2.45, 2.75) is 26.2 Å². The molecule has 1 fully saturated rings. The molecule has 5 rings (SSSR count). The van der Waals surface area contributed by atoms with Crippen LogP contribution in [0.3, 0.4) is 0 Å². The number of aromatic nitrogens is 3. The highest BCUT2D eigenvalue weighted by Crippen LogP contribution is 2.33. The average molecular weight is 442 g/mol. The Labute approximate surface area is 193 Å². The maximum atomic E-state index is 13.7. The number of carbonyl (C=O) groups is 1. The quantitative estimate of drug-likeness (QED) is 0.611. The van der Waals surface area contributed by atoms with Crippen molar-refractivity contribution in [3.8, 4) is 17.1 Å². The standard InChI is InChI=1S/C26H27N5O2/c1-17-4-3-5-21-19(14-30-23(17)21)10-13-31(16-18-6-7-18)26(32)25-24(27-11-12-28-25)20-8-9-22(33-2)29-15-20/h3-5,8-9,11-12,14-15,17-18H,6-7,10,13,16H2,1-2H3. The van der Waals surface area contributed by atoms with Crippen molar-refractivity contribution < 1.29 is 9.53 Å². The third-order valence-electron chi connectivity index (χ3n) is 6.31. The molecule has 0 N–H and O–H groups in total. The summed E-state index contributed by atoms with van der Waals surface area (Å²) in [5, 5.41) is 0. The zero-order valence-electron chi connectivity index (χ0n) is 18.9. The zero-order chi connectivity index (χ0) is 22.8. The van der Waals surface area contributed by atoms with Crippen molar-refractivity contribution in [1.29, 1.82) is 0 Å². The highest BCUT2D eigenvalue weighted by molar-refractivity contribution is 6.09. The van der Waals surface area contributed by atoms with E-state index in [2.05, 4.69) is 45.1 Å². The summed E-state index contributed by atoms with van der Waals surface area (Å²) in [6.45, 7) is 3.52. The molecule has 7 nitrogen and oxygen atoms in total. The number of allylic oxidation sites excluding steroid dienone is 4. The van der Waals surface area contributed by atoms with Gasteiger partial charge in [0.05, 0.1) is 12.8 Å². The molecule has 3 aliphatic rings. The van der Waals surface area contributed by atoms with E-state index >= 15 is 0 Å². The van der Waals surface area contributed by atoms with Crippen LogP contribution in [0.4, 0.5) is 0 Å². The van der Waals surface area contributed by atoms with Gasteiger partial charge in [0, 0.05) is 61.0 Å². The van der Waals surface area contributed by atoms with E-state index < -0.39 is 0 Å². The minimum atomic E-state index is -0.0913. The topological polar surface area (TPSA) is 80.6 Å². The van der Waals surface area contributed by atoms with E-state index in [1.165, 1.54) is 24.0 Å². The molecular formula is C26H27N5O2. The lowest BCUT2D eigenvalue weighted by Crippen LogP contribution is -2.35. The summed E-state index contributed by atoms with van der Waals surface area (Å²) in [5.41, 5.74) is 5.15. The van der Waals surface area contributed by atoms with Gasteiger partial charge in [-0.2, -0.15) is 0 Å². The Hall–Kier alpha value is -3.61. The predicted molar refractivity (Wildman–Crippen MR) is 127 cm³/mol. The van der Waals surface area contributed by atoms with Gasteiger partial charge in [-0.05, 0) is 36.8 Å². The van der Waals surface area contributed by atoms with Gasteiger partial charge in [0.15, 0.2) is 5.69 Å². The van der Waals surface area contributed by atoms with Crippen LogP contribution in [0, 0.1) is 11.8 Å². The minimum Gasteiger partial charge on any atom is -0.481 e. The second kappa shape index (κ2) is 9.10. The molecule has 2 aliphatic carbocycles. The fourth-order valence-electron chi connectivity index (χ4n) is 4.26. The lowest BCUT2D eigenvalue weighted by molar-refractivity contribution is 0.0744. The molecule has 0 radical (unpaired) electrons. The molecule has 33 heavy (non-hydrogen) atoms. The van der Waals surface area contributed by atoms with Gasteiger partial charge in [-0.1, -0.05) is 25.2 Å². The van der Waals surface area contributed by atoms with Crippen LogP contribution in [-0.4, -0.2) is 51.7 Å². The first kappa shape index (κ1) is 21.2. The average Bonchev–Trinajstić information content (AvgIpc) is 3.58. The number of ether oxygens (including phenoxy) is 1. The predicted octanol–water partition coefficient (Wildman–Crippen LogP) is 4.26. The number of fused-ring (bicyclic) bond motifs is 1. The molecule has 1 atom stereocenters. The van der Waals surface area contributed by atoms with Gasteiger partial charge in [-0.15, -0.1) is 0 Å². The first-order chi connectivity index (χ1) is 16.1. The van der Waals surface area contributed by atoms with Crippen LogP contribution >= 0.6 is 0 Å². The van der Waals surface area contributed by atoms with E-state index in [4.69, 9.17) is 4.74 Å². The summed E-state index contributed by atoms with van der Waals surface area (Å²) in [5.74, 6) is 1.31. The maximum absolute atomic E-state index is 13.7. The third kappa shape index (κ3) is 4.49. The van der Waals surface area contributed by atoms with E-state index in [0.29, 0.717) is 35.6 Å². The van der Waals surface area contributed by atoms with Crippen LogP contribution in [0.2, 0.25) is 0 Å². The third-order valence-corrected chi connectivity index (χ3v) is 6.31. The van der Waals surface area contributed by atoms with Gasteiger partial charge in [0.25, 0.3) is 5.91 Å². The Morgan fingerprint density at radius 1 is 1.18 bits per heavy atom. The zero-order valence-corrected chi connectivity index (χ0v) is 18.9.